The molecule has 0 saturated carbocycles. The molecule has 1 amide bonds. The lowest BCUT2D eigenvalue weighted by Gasteiger charge is -2.24. The number of thiazole rings is 1. The van der Waals surface area contributed by atoms with Crippen molar-refractivity contribution in [3.8, 4) is 0 Å². The highest BCUT2D eigenvalue weighted by Gasteiger charge is 2.46. The highest BCUT2D eigenvalue weighted by molar-refractivity contribution is 7.14. The van der Waals surface area contributed by atoms with Crippen LogP contribution in [0.4, 0.5) is 5.69 Å². The summed E-state index contributed by atoms with van der Waals surface area (Å²) in [5, 5.41) is 11.9. The van der Waals surface area contributed by atoms with Gasteiger partial charge < -0.3 is 9.52 Å². The van der Waals surface area contributed by atoms with Crippen LogP contribution in [-0.2, 0) is 4.79 Å². The van der Waals surface area contributed by atoms with E-state index in [1.54, 1.807) is 50.2 Å². The third kappa shape index (κ3) is 2.93. The predicted molar refractivity (Wildman–Crippen MR) is 106 cm³/mol. The molecule has 0 radical (unpaired) electrons. The summed E-state index contributed by atoms with van der Waals surface area (Å²) >= 11 is 7.18. The molecule has 1 aromatic carbocycles. The first-order valence-electron chi connectivity index (χ1n) is 8.43. The average Bonchev–Trinajstić information content (AvgIpc) is 3.36. The van der Waals surface area contributed by atoms with Gasteiger partial charge in [-0.05, 0) is 50.2 Å². The number of rotatable bonds is 4. The number of nitrogens with zero attached hydrogens (tertiary/aromatic N) is 2. The maximum atomic E-state index is 13.3. The summed E-state index contributed by atoms with van der Waals surface area (Å²) < 4.78 is 5.51. The minimum Gasteiger partial charge on any atom is -0.503 e. The van der Waals surface area contributed by atoms with Gasteiger partial charge in [-0.25, -0.2) is 4.98 Å². The molecule has 28 heavy (non-hydrogen) atoms. The van der Waals surface area contributed by atoms with Crippen LogP contribution in [0.3, 0.4) is 0 Å². The molecule has 1 aliphatic rings. The molecule has 0 aliphatic carbocycles. The maximum absolute atomic E-state index is 13.3. The van der Waals surface area contributed by atoms with Crippen LogP contribution in [0, 0.1) is 13.8 Å². The summed E-state index contributed by atoms with van der Waals surface area (Å²) in [7, 11) is 0. The summed E-state index contributed by atoms with van der Waals surface area (Å²) in [4.78, 5) is 32.2. The molecule has 6 nitrogen and oxygen atoms in total. The van der Waals surface area contributed by atoms with Gasteiger partial charge in [-0.2, -0.15) is 0 Å². The third-order valence-corrected chi connectivity index (χ3v) is 5.80. The fourth-order valence-electron chi connectivity index (χ4n) is 3.29. The second-order valence-corrected chi connectivity index (χ2v) is 7.95. The molecule has 0 bridgehead atoms. The van der Waals surface area contributed by atoms with Gasteiger partial charge in [-0.15, -0.1) is 11.3 Å². The fourth-order valence-corrected chi connectivity index (χ4v) is 4.29. The SMILES string of the molecule is Cc1nc(C)c(C(=O)C2=C(O)C(=O)N(c3ccc(Cl)cc3)C2c2ccco2)s1. The van der Waals surface area contributed by atoms with Crippen LogP contribution in [-0.4, -0.2) is 21.8 Å². The van der Waals surface area contributed by atoms with Gasteiger partial charge in [0.1, 0.15) is 11.8 Å². The van der Waals surface area contributed by atoms with Crippen LogP contribution in [0.5, 0.6) is 0 Å². The number of hydrogen-bond donors (Lipinski definition) is 1. The van der Waals surface area contributed by atoms with Gasteiger partial charge in [-0.3, -0.25) is 14.5 Å². The first-order chi connectivity index (χ1) is 13.4. The quantitative estimate of drug-likeness (QED) is 0.620. The lowest BCUT2D eigenvalue weighted by molar-refractivity contribution is -0.117. The Hall–Kier alpha value is -2.90. The Bertz CT molecular complexity index is 1100. The van der Waals surface area contributed by atoms with Gasteiger partial charge in [-0.1, -0.05) is 11.6 Å². The largest absolute Gasteiger partial charge is 0.503 e. The zero-order valence-corrected chi connectivity index (χ0v) is 16.5. The first-order valence-corrected chi connectivity index (χ1v) is 9.62. The van der Waals surface area contributed by atoms with Gasteiger partial charge in [0, 0.05) is 10.7 Å². The normalized spacial score (nSPS) is 16.9. The first kappa shape index (κ1) is 18.5. The summed E-state index contributed by atoms with van der Waals surface area (Å²) in [6, 6.07) is 9.01. The lowest BCUT2D eigenvalue weighted by atomic mass is 9.99. The number of furan rings is 1. The molecule has 1 N–H and O–H groups in total. The number of halogens is 1. The van der Waals surface area contributed by atoms with Crippen LogP contribution < -0.4 is 4.90 Å². The number of aliphatic hydroxyl groups is 1. The highest BCUT2D eigenvalue weighted by Crippen LogP contribution is 2.43. The summed E-state index contributed by atoms with van der Waals surface area (Å²) in [6.45, 7) is 3.52. The van der Waals surface area contributed by atoms with Crippen molar-refractivity contribution in [1.82, 2.24) is 4.98 Å². The molecule has 4 rings (SSSR count). The third-order valence-electron chi connectivity index (χ3n) is 4.48. The van der Waals surface area contributed by atoms with E-state index in [9.17, 15) is 14.7 Å². The number of Topliss-reactive ketones (excluding diaryl/α,β-unsaturated/α-hetero) is 1. The molecule has 0 spiro atoms. The number of amides is 1. The van der Waals surface area contributed by atoms with E-state index in [1.807, 2.05) is 0 Å². The van der Waals surface area contributed by atoms with Crippen molar-refractivity contribution in [1.29, 1.82) is 0 Å². The molecular weight excluding hydrogens is 400 g/mol. The molecule has 3 heterocycles. The molecule has 2 aromatic heterocycles. The van der Waals surface area contributed by atoms with Crippen molar-refractivity contribution >= 4 is 40.3 Å². The topological polar surface area (TPSA) is 83.6 Å². The number of aromatic nitrogens is 1. The zero-order valence-electron chi connectivity index (χ0n) is 15.0. The number of benzene rings is 1. The second kappa shape index (κ2) is 6.92. The fraction of sp³-hybridized carbons (Fsp3) is 0.150. The Labute approximate surface area is 169 Å². The van der Waals surface area contributed by atoms with E-state index < -0.39 is 23.5 Å². The minimum atomic E-state index is -0.891. The molecule has 3 aromatic rings. The van der Waals surface area contributed by atoms with E-state index in [0.29, 0.717) is 27.0 Å². The van der Waals surface area contributed by atoms with E-state index in [2.05, 4.69) is 4.98 Å². The lowest BCUT2D eigenvalue weighted by Crippen LogP contribution is -2.30. The molecule has 1 aliphatic heterocycles. The molecule has 0 fully saturated rings. The Morgan fingerprint density at radius 3 is 2.54 bits per heavy atom. The smallest absolute Gasteiger partial charge is 0.294 e. The molecule has 0 saturated heterocycles. The van der Waals surface area contributed by atoms with Gasteiger partial charge >= 0.3 is 0 Å². The summed E-state index contributed by atoms with van der Waals surface area (Å²) in [6.07, 6.45) is 1.46. The standard InChI is InChI=1S/C20H15ClN2O4S/c1-10-19(28-11(2)22-10)17(24)15-16(14-4-3-9-27-14)23(20(26)18(15)25)13-7-5-12(21)6-8-13/h3-9,16,25H,1-2H3. The van der Waals surface area contributed by atoms with Crippen molar-refractivity contribution in [2.75, 3.05) is 4.90 Å². The number of carbonyl (C=O) groups excluding carboxylic acids is 2. The van der Waals surface area contributed by atoms with Crippen molar-refractivity contribution in [3.05, 3.63) is 80.4 Å². The van der Waals surface area contributed by atoms with E-state index in [0.717, 1.165) is 5.01 Å². The highest BCUT2D eigenvalue weighted by atomic mass is 35.5. The molecule has 1 atom stereocenters. The van der Waals surface area contributed by atoms with Crippen LogP contribution in [0.15, 0.2) is 58.4 Å². The van der Waals surface area contributed by atoms with E-state index >= 15 is 0 Å². The molecular formula is C20H15ClN2O4S. The second-order valence-electron chi connectivity index (χ2n) is 6.31. The van der Waals surface area contributed by atoms with Crippen LogP contribution >= 0.6 is 22.9 Å². The molecule has 8 heteroatoms. The number of carbonyl (C=O) groups is 2. The van der Waals surface area contributed by atoms with Crippen molar-refractivity contribution in [2.45, 2.75) is 19.9 Å². The maximum Gasteiger partial charge on any atom is 0.294 e. The van der Waals surface area contributed by atoms with Crippen LogP contribution in [0.25, 0.3) is 0 Å². The van der Waals surface area contributed by atoms with Gasteiger partial charge in [0.25, 0.3) is 5.91 Å². The zero-order chi connectivity index (χ0) is 20.0. The monoisotopic (exact) mass is 414 g/mol. The average molecular weight is 415 g/mol. The van der Waals surface area contributed by atoms with Crippen molar-refractivity contribution in [3.63, 3.8) is 0 Å². The van der Waals surface area contributed by atoms with E-state index in [1.165, 1.54) is 22.5 Å². The summed E-state index contributed by atoms with van der Waals surface area (Å²) in [5.41, 5.74) is 1.02. The number of ketones is 1. The summed E-state index contributed by atoms with van der Waals surface area (Å²) in [5.74, 6) is -1.33. The Kier molecular flexibility index (Phi) is 4.56. The molecule has 142 valence electrons. The van der Waals surface area contributed by atoms with Crippen LogP contribution in [0.1, 0.15) is 32.2 Å². The van der Waals surface area contributed by atoms with Gasteiger partial charge in [0.15, 0.2) is 5.76 Å². The van der Waals surface area contributed by atoms with E-state index in [4.69, 9.17) is 16.0 Å². The number of aliphatic hydroxyl groups excluding tert-OH is 1. The number of anilines is 1. The van der Waals surface area contributed by atoms with Crippen molar-refractivity contribution in [2.24, 2.45) is 0 Å². The van der Waals surface area contributed by atoms with Gasteiger partial charge in [0.2, 0.25) is 5.78 Å². The van der Waals surface area contributed by atoms with Crippen molar-refractivity contribution < 1.29 is 19.1 Å². The Morgan fingerprint density at radius 2 is 1.96 bits per heavy atom. The Morgan fingerprint density at radius 1 is 1.25 bits per heavy atom. The minimum absolute atomic E-state index is 0.0263. The van der Waals surface area contributed by atoms with E-state index in [-0.39, 0.29) is 5.57 Å². The van der Waals surface area contributed by atoms with Crippen LogP contribution in [0.2, 0.25) is 5.02 Å². The number of aryl methyl sites for hydroxylation is 2. The molecule has 1 unspecified atom stereocenters. The number of hydrogen-bond acceptors (Lipinski definition) is 6. The van der Waals surface area contributed by atoms with Gasteiger partial charge in [0.05, 0.1) is 27.4 Å². The Balaban J connectivity index is 1.86. The predicted octanol–water partition coefficient (Wildman–Crippen LogP) is 4.79.